The van der Waals surface area contributed by atoms with Crippen LogP contribution in [0.5, 0.6) is 17.2 Å². The standard InChI is InChI=1S/C27H27ClN2O5/c1-14-11-18(31)17-13-30(16-9-7-15(8-10-16)26(2,3)4)29-24(17)27(14)25(32)21-19(33-5)12-20(34-6)22(28)23(21)35-27/h7-10,12-14H,11H2,1-6H3/t14-,27+/m1/s1. The van der Waals surface area contributed by atoms with E-state index >= 15 is 0 Å². The Hall–Kier alpha value is -3.32. The molecule has 0 radical (unpaired) electrons. The molecule has 7 nitrogen and oxygen atoms in total. The van der Waals surface area contributed by atoms with Crippen molar-refractivity contribution in [3.63, 3.8) is 0 Å². The zero-order chi connectivity index (χ0) is 25.3. The highest BCUT2D eigenvalue weighted by molar-refractivity contribution is 6.35. The van der Waals surface area contributed by atoms with Crippen LogP contribution in [0.2, 0.25) is 5.02 Å². The van der Waals surface area contributed by atoms with Crippen LogP contribution in [0.15, 0.2) is 36.5 Å². The van der Waals surface area contributed by atoms with Gasteiger partial charge < -0.3 is 14.2 Å². The third-order valence-corrected chi connectivity index (χ3v) is 7.33. The molecule has 0 unspecified atom stereocenters. The molecule has 1 aliphatic heterocycles. The lowest BCUT2D eigenvalue weighted by molar-refractivity contribution is 0.0194. The lowest BCUT2D eigenvalue weighted by Crippen LogP contribution is -2.48. The van der Waals surface area contributed by atoms with Gasteiger partial charge in [0.2, 0.25) is 11.4 Å². The van der Waals surface area contributed by atoms with Crippen LogP contribution in [0.4, 0.5) is 0 Å². The fourth-order valence-electron chi connectivity index (χ4n) is 4.95. The summed E-state index contributed by atoms with van der Waals surface area (Å²) in [6, 6.07) is 9.56. The zero-order valence-electron chi connectivity index (χ0n) is 20.6. The van der Waals surface area contributed by atoms with Crippen molar-refractivity contribution in [2.45, 2.75) is 45.1 Å². The number of Topliss-reactive ketones (excluding diaryl/α,β-unsaturated/α-hetero) is 2. The Morgan fingerprint density at radius 3 is 2.37 bits per heavy atom. The highest BCUT2D eigenvalue weighted by Gasteiger charge is 2.61. The summed E-state index contributed by atoms with van der Waals surface area (Å²) in [5.41, 5.74) is 1.36. The lowest BCUT2D eigenvalue weighted by atomic mass is 9.72. The number of hydrogen-bond donors (Lipinski definition) is 0. The van der Waals surface area contributed by atoms with E-state index in [1.807, 2.05) is 31.2 Å². The number of carbonyl (C=O) groups excluding carboxylic acids is 2. The first-order chi connectivity index (χ1) is 16.5. The number of halogens is 1. The van der Waals surface area contributed by atoms with E-state index < -0.39 is 11.5 Å². The Morgan fingerprint density at radius 1 is 1.11 bits per heavy atom. The fraction of sp³-hybridized carbons (Fsp3) is 0.370. The zero-order valence-corrected chi connectivity index (χ0v) is 21.3. The molecular weight excluding hydrogens is 468 g/mol. The third-order valence-electron chi connectivity index (χ3n) is 6.97. The molecule has 1 aliphatic carbocycles. The summed E-state index contributed by atoms with van der Waals surface area (Å²) in [6.07, 6.45) is 1.81. The second-order valence-electron chi connectivity index (χ2n) is 10.1. The van der Waals surface area contributed by atoms with Crippen LogP contribution in [-0.4, -0.2) is 35.6 Å². The highest BCUT2D eigenvalue weighted by atomic mass is 35.5. The molecule has 35 heavy (non-hydrogen) atoms. The maximum atomic E-state index is 14.0. The SMILES string of the molecule is COc1cc(OC)c2c(c1Cl)O[C@]1(C2=O)c2nn(-c3ccc(C(C)(C)C)cc3)cc2C(=O)C[C@H]1C. The second kappa shape index (κ2) is 7.85. The monoisotopic (exact) mass is 494 g/mol. The number of carbonyl (C=O) groups is 2. The number of hydrogen-bond acceptors (Lipinski definition) is 6. The van der Waals surface area contributed by atoms with Crippen LogP contribution in [0, 0.1) is 5.92 Å². The van der Waals surface area contributed by atoms with Gasteiger partial charge in [-0.2, -0.15) is 5.10 Å². The van der Waals surface area contributed by atoms with Crippen LogP contribution in [-0.2, 0) is 11.0 Å². The highest BCUT2D eigenvalue weighted by Crippen LogP contribution is 2.56. The Kier molecular flexibility index (Phi) is 5.25. The molecule has 0 saturated heterocycles. The van der Waals surface area contributed by atoms with Crippen LogP contribution in [0.3, 0.4) is 0 Å². The topological polar surface area (TPSA) is 79.7 Å². The lowest BCUT2D eigenvalue weighted by Gasteiger charge is -2.35. The predicted molar refractivity (Wildman–Crippen MR) is 132 cm³/mol. The minimum absolute atomic E-state index is 0.00655. The summed E-state index contributed by atoms with van der Waals surface area (Å²) in [4.78, 5) is 27.1. The molecule has 2 aromatic carbocycles. The van der Waals surface area contributed by atoms with E-state index in [-0.39, 0.29) is 39.7 Å². The van der Waals surface area contributed by atoms with Gasteiger partial charge in [0.15, 0.2) is 11.5 Å². The number of methoxy groups -OCH3 is 2. The van der Waals surface area contributed by atoms with Crippen molar-refractivity contribution in [3.8, 4) is 22.9 Å². The number of ether oxygens (including phenoxy) is 3. The Bertz CT molecular complexity index is 1370. The summed E-state index contributed by atoms with van der Waals surface area (Å²) in [5, 5.41) is 4.92. The van der Waals surface area contributed by atoms with E-state index in [0.29, 0.717) is 22.8 Å². The quantitative estimate of drug-likeness (QED) is 0.476. The summed E-state index contributed by atoms with van der Waals surface area (Å²) in [7, 11) is 2.95. The summed E-state index contributed by atoms with van der Waals surface area (Å²) >= 11 is 6.56. The van der Waals surface area contributed by atoms with Gasteiger partial charge >= 0.3 is 0 Å². The van der Waals surface area contributed by atoms with Crippen LogP contribution >= 0.6 is 11.6 Å². The first-order valence-electron chi connectivity index (χ1n) is 11.5. The van der Waals surface area contributed by atoms with Gasteiger partial charge in [-0.15, -0.1) is 0 Å². The number of benzene rings is 2. The molecule has 2 atom stereocenters. The smallest absolute Gasteiger partial charge is 0.220 e. The maximum Gasteiger partial charge on any atom is 0.220 e. The van der Waals surface area contributed by atoms with Gasteiger partial charge in [0.1, 0.15) is 27.8 Å². The molecule has 3 aromatic rings. The molecular formula is C27H27ClN2O5. The summed E-state index contributed by atoms with van der Waals surface area (Å²) in [5.74, 6) is -0.0747. The van der Waals surface area contributed by atoms with Crippen molar-refractivity contribution in [1.82, 2.24) is 9.78 Å². The van der Waals surface area contributed by atoms with Crippen molar-refractivity contribution in [3.05, 3.63) is 63.9 Å². The molecule has 2 heterocycles. The van der Waals surface area contributed by atoms with Gasteiger partial charge in [0, 0.05) is 24.6 Å². The number of nitrogens with zero attached hydrogens (tertiary/aromatic N) is 2. The van der Waals surface area contributed by atoms with Gasteiger partial charge in [-0.25, -0.2) is 4.68 Å². The van der Waals surface area contributed by atoms with E-state index in [1.54, 1.807) is 16.9 Å². The molecule has 0 saturated carbocycles. The van der Waals surface area contributed by atoms with E-state index in [4.69, 9.17) is 30.9 Å². The van der Waals surface area contributed by atoms with Gasteiger partial charge in [-0.1, -0.05) is 51.4 Å². The Balaban J connectivity index is 1.67. The fourth-order valence-corrected chi connectivity index (χ4v) is 5.21. The summed E-state index contributed by atoms with van der Waals surface area (Å²) in [6.45, 7) is 8.26. The molecule has 182 valence electrons. The van der Waals surface area contributed by atoms with Crippen LogP contribution in [0.25, 0.3) is 5.69 Å². The van der Waals surface area contributed by atoms with E-state index in [1.165, 1.54) is 19.8 Å². The largest absolute Gasteiger partial charge is 0.496 e. The second-order valence-corrected chi connectivity index (χ2v) is 10.5. The Morgan fingerprint density at radius 2 is 1.77 bits per heavy atom. The van der Waals surface area contributed by atoms with Crippen LogP contribution in [0.1, 0.15) is 66.1 Å². The molecule has 0 bridgehead atoms. The predicted octanol–water partition coefficient (Wildman–Crippen LogP) is 5.53. The Labute approximate surface area is 208 Å². The van der Waals surface area contributed by atoms with Gasteiger partial charge in [-0.05, 0) is 23.1 Å². The molecule has 2 aliphatic rings. The number of fused-ring (bicyclic) bond motifs is 3. The number of aromatic nitrogens is 2. The maximum absolute atomic E-state index is 14.0. The van der Waals surface area contributed by atoms with E-state index in [0.717, 1.165) is 5.69 Å². The molecule has 1 spiro atoms. The van der Waals surface area contributed by atoms with E-state index in [9.17, 15) is 9.59 Å². The van der Waals surface area contributed by atoms with Gasteiger partial charge in [0.05, 0.1) is 25.5 Å². The normalized spacial score (nSPS) is 21.1. The first kappa shape index (κ1) is 23.4. The molecule has 1 aromatic heterocycles. The van der Waals surface area contributed by atoms with Crippen molar-refractivity contribution in [2.24, 2.45) is 5.92 Å². The molecule has 0 amide bonds. The van der Waals surface area contributed by atoms with Gasteiger partial charge in [0.25, 0.3) is 0 Å². The molecule has 0 N–H and O–H groups in total. The summed E-state index contributed by atoms with van der Waals surface area (Å²) < 4.78 is 18.9. The van der Waals surface area contributed by atoms with E-state index in [2.05, 4.69) is 20.8 Å². The van der Waals surface area contributed by atoms with Crippen molar-refractivity contribution in [1.29, 1.82) is 0 Å². The average molecular weight is 495 g/mol. The minimum atomic E-state index is -1.49. The number of rotatable bonds is 3. The first-order valence-corrected chi connectivity index (χ1v) is 11.8. The average Bonchev–Trinajstić information content (AvgIpc) is 3.40. The van der Waals surface area contributed by atoms with Gasteiger partial charge in [-0.3, -0.25) is 9.59 Å². The van der Waals surface area contributed by atoms with Crippen molar-refractivity contribution >= 4 is 23.2 Å². The van der Waals surface area contributed by atoms with Crippen LogP contribution < -0.4 is 14.2 Å². The van der Waals surface area contributed by atoms with Crippen molar-refractivity contribution < 1.29 is 23.8 Å². The third kappa shape index (κ3) is 3.28. The van der Waals surface area contributed by atoms with Crippen molar-refractivity contribution in [2.75, 3.05) is 14.2 Å². The molecule has 8 heteroatoms. The molecule has 0 fully saturated rings. The number of ketones is 2. The minimum Gasteiger partial charge on any atom is -0.496 e. The molecule has 5 rings (SSSR count).